The molecule has 74 valence electrons. The summed E-state index contributed by atoms with van der Waals surface area (Å²) in [6.07, 6.45) is 3.12. The predicted octanol–water partition coefficient (Wildman–Crippen LogP) is 2.96. The Balaban J connectivity index is 2.27. The molecule has 0 radical (unpaired) electrons. The van der Waals surface area contributed by atoms with Crippen molar-refractivity contribution in [3.05, 3.63) is 42.6 Å². The van der Waals surface area contributed by atoms with E-state index in [9.17, 15) is 4.39 Å². The van der Waals surface area contributed by atoms with Crippen LogP contribution in [0.2, 0.25) is 0 Å². The fraction of sp³-hybridized carbons (Fsp3) is 0. The van der Waals surface area contributed by atoms with Gasteiger partial charge in [-0.25, -0.2) is 9.37 Å². The molecule has 0 atom stereocenters. The molecule has 0 aliphatic rings. The van der Waals surface area contributed by atoms with E-state index in [1.54, 1.807) is 30.7 Å². The quantitative estimate of drug-likeness (QED) is 0.659. The number of halogens is 1. The third-order valence-electron chi connectivity index (χ3n) is 2.26. The number of furan rings is 1. The molecular weight excluding hydrogens is 195 g/mol. The number of benzene rings is 1. The fourth-order valence-electron chi connectivity index (χ4n) is 1.53. The monoisotopic (exact) mass is 202 g/mol. The van der Waals surface area contributed by atoms with E-state index in [0.717, 1.165) is 5.56 Å². The molecule has 0 unspecified atom stereocenters. The highest BCUT2D eigenvalue weighted by molar-refractivity contribution is 5.79. The summed E-state index contributed by atoms with van der Waals surface area (Å²) in [6, 6.07) is 6.60. The minimum atomic E-state index is -0.321. The van der Waals surface area contributed by atoms with Gasteiger partial charge in [-0.1, -0.05) is 6.07 Å². The smallest absolute Gasteiger partial charge is 0.151 e. The summed E-state index contributed by atoms with van der Waals surface area (Å²) in [5.41, 5.74) is 1.85. The molecule has 2 heterocycles. The molecule has 0 saturated heterocycles. The number of aromatic amines is 1. The van der Waals surface area contributed by atoms with Crippen LogP contribution in [0.3, 0.4) is 0 Å². The Hall–Kier alpha value is -2.10. The number of nitrogens with zero attached hydrogens (tertiary/aromatic N) is 1. The van der Waals surface area contributed by atoms with E-state index in [1.165, 1.54) is 6.07 Å². The van der Waals surface area contributed by atoms with Crippen LogP contribution in [-0.2, 0) is 0 Å². The van der Waals surface area contributed by atoms with Crippen LogP contribution in [-0.4, -0.2) is 9.97 Å². The summed E-state index contributed by atoms with van der Waals surface area (Å²) in [4.78, 5) is 7.19. The van der Waals surface area contributed by atoms with E-state index >= 15 is 0 Å². The molecule has 1 N–H and O–H groups in total. The molecule has 1 aromatic carbocycles. The van der Waals surface area contributed by atoms with Crippen LogP contribution in [0.4, 0.5) is 4.39 Å². The largest absolute Gasteiger partial charge is 0.472 e. The van der Waals surface area contributed by atoms with Gasteiger partial charge in [-0.2, -0.15) is 0 Å². The van der Waals surface area contributed by atoms with E-state index in [0.29, 0.717) is 16.9 Å². The summed E-state index contributed by atoms with van der Waals surface area (Å²) < 4.78 is 18.3. The lowest BCUT2D eigenvalue weighted by atomic mass is 10.3. The predicted molar refractivity (Wildman–Crippen MR) is 53.8 cm³/mol. The summed E-state index contributed by atoms with van der Waals surface area (Å²) in [7, 11) is 0. The van der Waals surface area contributed by atoms with Gasteiger partial charge in [0, 0.05) is 0 Å². The Morgan fingerprint density at radius 1 is 1.27 bits per heavy atom. The zero-order chi connectivity index (χ0) is 10.3. The van der Waals surface area contributed by atoms with Crippen molar-refractivity contribution < 1.29 is 8.81 Å². The zero-order valence-corrected chi connectivity index (χ0v) is 7.70. The number of H-pyrrole nitrogens is 1. The Bertz CT molecular complexity index is 598. The Morgan fingerprint density at radius 3 is 2.93 bits per heavy atom. The van der Waals surface area contributed by atoms with Crippen LogP contribution in [0.1, 0.15) is 0 Å². The topological polar surface area (TPSA) is 41.8 Å². The number of imidazole rings is 1. The highest BCUT2D eigenvalue weighted by Gasteiger charge is 2.08. The van der Waals surface area contributed by atoms with Gasteiger partial charge in [-0.3, -0.25) is 0 Å². The molecule has 3 nitrogen and oxygen atoms in total. The van der Waals surface area contributed by atoms with Gasteiger partial charge in [0.25, 0.3) is 0 Å². The molecular formula is C11H7FN2O. The molecule has 0 bridgehead atoms. The van der Waals surface area contributed by atoms with Crippen molar-refractivity contribution in [3.8, 4) is 11.4 Å². The first-order valence-corrected chi connectivity index (χ1v) is 4.51. The standard InChI is InChI=1S/C11H7FN2O/c12-8-2-1-3-9-10(8)14-11(13-9)7-4-5-15-6-7/h1-6H,(H,13,14). The first-order valence-electron chi connectivity index (χ1n) is 4.51. The number of hydrogen-bond acceptors (Lipinski definition) is 2. The van der Waals surface area contributed by atoms with Gasteiger partial charge in [-0.05, 0) is 18.2 Å². The molecule has 4 heteroatoms. The highest BCUT2D eigenvalue weighted by Crippen LogP contribution is 2.21. The number of hydrogen-bond donors (Lipinski definition) is 1. The van der Waals surface area contributed by atoms with E-state index in [4.69, 9.17) is 4.42 Å². The maximum Gasteiger partial charge on any atom is 0.151 e. The van der Waals surface area contributed by atoms with Gasteiger partial charge in [0.2, 0.25) is 0 Å². The lowest BCUT2D eigenvalue weighted by Gasteiger charge is -1.86. The van der Waals surface area contributed by atoms with Crippen molar-refractivity contribution in [3.63, 3.8) is 0 Å². The van der Waals surface area contributed by atoms with E-state index in [1.807, 2.05) is 0 Å². The number of nitrogens with one attached hydrogen (secondary N) is 1. The Kier molecular flexibility index (Phi) is 1.62. The maximum atomic E-state index is 13.3. The minimum Gasteiger partial charge on any atom is -0.472 e. The highest BCUT2D eigenvalue weighted by atomic mass is 19.1. The summed E-state index contributed by atoms with van der Waals surface area (Å²) in [5.74, 6) is 0.294. The second kappa shape index (κ2) is 2.95. The molecule has 3 rings (SSSR count). The van der Waals surface area contributed by atoms with Gasteiger partial charge in [0.05, 0.1) is 17.3 Å². The summed E-state index contributed by atoms with van der Waals surface area (Å²) in [5, 5.41) is 0. The van der Waals surface area contributed by atoms with Gasteiger partial charge in [0.15, 0.2) is 5.82 Å². The Labute approximate surface area is 84.6 Å². The third-order valence-corrected chi connectivity index (χ3v) is 2.26. The molecule has 0 aliphatic carbocycles. The minimum absolute atomic E-state index is 0.321. The van der Waals surface area contributed by atoms with Gasteiger partial charge >= 0.3 is 0 Å². The number of aromatic nitrogens is 2. The van der Waals surface area contributed by atoms with Gasteiger partial charge in [-0.15, -0.1) is 0 Å². The van der Waals surface area contributed by atoms with Crippen LogP contribution in [0.5, 0.6) is 0 Å². The second-order valence-electron chi connectivity index (χ2n) is 3.23. The summed E-state index contributed by atoms with van der Waals surface area (Å²) >= 11 is 0. The average Bonchev–Trinajstić information content (AvgIpc) is 2.86. The van der Waals surface area contributed by atoms with Crippen molar-refractivity contribution in [2.24, 2.45) is 0 Å². The van der Waals surface area contributed by atoms with Crippen LogP contribution in [0, 0.1) is 5.82 Å². The molecule has 0 aliphatic heterocycles. The van der Waals surface area contributed by atoms with Crippen LogP contribution in [0.25, 0.3) is 22.4 Å². The van der Waals surface area contributed by atoms with Crippen molar-refractivity contribution in [2.45, 2.75) is 0 Å². The van der Waals surface area contributed by atoms with Crippen LogP contribution in [0.15, 0.2) is 41.2 Å². The van der Waals surface area contributed by atoms with E-state index < -0.39 is 0 Å². The third kappa shape index (κ3) is 1.22. The molecule has 0 fully saturated rings. The summed E-state index contributed by atoms with van der Waals surface area (Å²) in [6.45, 7) is 0. The van der Waals surface area contributed by atoms with Crippen molar-refractivity contribution in [1.29, 1.82) is 0 Å². The molecule has 2 aromatic heterocycles. The maximum absolute atomic E-state index is 13.3. The average molecular weight is 202 g/mol. The van der Waals surface area contributed by atoms with E-state index in [-0.39, 0.29) is 5.82 Å². The Morgan fingerprint density at radius 2 is 2.20 bits per heavy atom. The zero-order valence-electron chi connectivity index (χ0n) is 7.70. The lowest BCUT2D eigenvalue weighted by Crippen LogP contribution is -1.76. The lowest BCUT2D eigenvalue weighted by molar-refractivity contribution is 0.568. The number of rotatable bonds is 1. The molecule has 0 spiro atoms. The second-order valence-corrected chi connectivity index (χ2v) is 3.23. The van der Waals surface area contributed by atoms with Crippen molar-refractivity contribution in [2.75, 3.05) is 0 Å². The fourth-order valence-corrected chi connectivity index (χ4v) is 1.53. The number of para-hydroxylation sites is 1. The van der Waals surface area contributed by atoms with E-state index in [2.05, 4.69) is 9.97 Å². The molecule has 0 amide bonds. The van der Waals surface area contributed by atoms with Crippen molar-refractivity contribution >= 4 is 11.0 Å². The van der Waals surface area contributed by atoms with Crippen molar-refractivity contribution in [1.82, 2.24) is 9.97 Å². The normalized spacial score (nSPS) is 11.0. The van der Waals surface area contributed by atoms with Gasteiger partial charge in [0.1, 0.15) is 17.6 Å². The first kappa shape index (κ1) is 8.23. The molecule has 0 saturated carbocycles. The molecule has 15 heavy (non-hydrogen) atoms. The number of fused-ring (bicyclic) bond motifs is 1. The van der Waals surface area contributed by atoms with Crippen LogP contribution >= 0.6 is 0 Å². The SMILES string of the molecule is Fc1cccc2[nH]c(-c3ccoc3)nc12. The first-order chi connectivity index (χ1) is 7.34. The van der Waals surface area contributed by atoms with Gasteiger partial charge < -0.3 is 9.40 Å². The molecule has 3 aromatic rings. The van der Waals surface area contributed by atoms with Crippen LogP contribution < -0.4 is 0 Å².